The SMILES string of the molecule is CCOC(=O)c1ccc([O])cc1. The second kappa shape index (κ2) is 3.76. The van der Waals surface area contributed by atoms with Gasteiger partial charge in [0.25, 0.3) is 0 Å². The molecule has 3 nitrogen and oxygen atoms in total. The van der Waals surface area contributed by atoms with Gasteiger partial charge in [0.1, 0.15) is 0 Å². The Balaban J connectivity index is 2.75. The monoisotopic (exact) mass is 165 g/mol. The number of esters is 1. The van der Waals surface area contributed by atoms with Crippen molar-refractivity contribution in [2.75, 3.05) is 6.61 Å². The van der Waals surface area contributed by atoms with E-state index >= 15 is 0 Å². The highest BCUT2D eigenvalue weighted by molar-refractivity contribution is 5.89. The molecule has 1 radical (unpaired) electrons. The third-order valence-corrected chi connectivity index (χ3v) is 1.37. The lowest BCUT2D eigenvalue weighted by Crippen LogP contribution is -2.03. The topological polar surface area (TPSA) is 46.2 Å². The molecule has 0 atom stereocenters. The van der Waals surface area contributed by atoms with Gasteiger partial charge in [-0.05, 0) is 31.2 Å². The van der Waals surface area contributed by atoms with Crippen molar-refractivity contribution >= 4 is 5.97 Å². The summed E-state index contributed by atoms with van der Waals surface area (Å²) < 4.78 is 4.73. The van der Waals surface area contributed by atoms with Gasteiger partial charge in [-0.15, -0.1) is 0 Å². The van der Waals surface area contributed by atoms with Crippen LogP contribution in [0.2, 0.25) is 0 Å². The summed E-state index contributed by atoms with van der Waals surface area (Å²) in [5, 5.41) is 10.7. The second-order valence-corrected chi connectivity index (χ2v) is 2.24. The molecule has 0 saturated heterocycles. The molecule has 0 aliphatic carbocycles. The highest BCUT2D eigenvalue weighted by Crippen LogP contribution is 2.10. The summed E-state index contributed by atoms with van der Waals surface area (Å²) in [4.78, 5) is 11.0. The van der Waals surface area contributed by atoms with E-state index in [-0.39, 0.29) is 5.75 Å². The van der Waals surface area contributed by atoms with Crippen LogP contribution >= 0.6 is 0 Å². The van der Waals surface area contributed by atoms with E-state index in [9.17, 15) is 9.90 Å². The Morgan fingerprint density at radius 3 is 2.42 bits per heavy atom. The van der Waals surface area contributed by atoms with Crippen LogP contribution in [0.25, 0.3) is 0 Å². The fourth-order valence-corrected chi connectivity index (χ4v) is 0.805. The normalized spacial score (nSPS) is 9.42. The van der Waals surface area contributed by atoms with Gasteiger partial charge >= 0.3 is 5.97 Å². The molecule has 0 N–H and O–H groups in total. The van der Waals surface area contributed by atoms with Crippen molar-refractivity contribution in [2.45, 2.75) is 6.92 Å². The molecule has 1 aromatic rings. The van der Waals surface area contributed by atoms with E-state index in [4.69, 9.17) is 4.74 Å². The van der Waals surface area contributed by atoms with Gasteiger partial charge in [-0.1, -0.05) is 0 Å². The highest BCUT2D eigenvalue weighted by Gasteiger charge is 2.04. The van der Waals surface area contributed by atoms with Crippen molar-refractivity contribution in [1.29, 1.82) is 0 Å². The molecule has 0 aliphatic rings. The third-order valence-electron chi connectivity index (χ3n) is 1.37. The summed E-state index contributed by atoms with van der Waals surface area (Å²) in [7, 11) is 0. The fourth-order valence-electron chi connectivity index (χ4n) is 0.805. The molecular formula is C9H9O3. The van der Waals surface area contributed by atoms with Crippen LogP contribution in [0, 0.1) is 0 Å². The molecule has 0 bridgehead atoms. The van der Waals surface area contributed by atoms with Gasteiger partial charge in [0, 0.05) is 0 Å². The number of ether oxygens (including phenoxy) is 1. The Labute approximate surface area is 70.6 Å². The van der Waals surface area contributed by atoms with Crippen LogP contribution in [0.15, 0.2) is 24.3 Å². The summed E-state index contributed by atoms with van der Waals surface area (Å²) in [5.41, 5.74) is 0.413. The molecule has 0 aliphatic heterocycles. The minimum absolute atomic E-state index is 0.108. The molecule has 63 valence electrons. The van der Waals surface area contributed by atoms with Gasteiger partial charge in [-0.2, -0.15) is 0 Å². The Hall–Kier alpha value is -1.51. The number of rotatable bonds is 2. The molecule has 12 heavy (non-hydrogen) atoms. The van der Waals surface area contributed by atoms with Crippen LogP contribution in [0.4, 0.5) is 0 Å². The summed E-state index contributed by atoms with van der Waals surface area (Å²) in [6.45, 7) is 2.08. The van der Waals surface area contributed by atoms with Gasteiger partial charge in [-0.25, -0.2) is 4.79 Å². The molecule has 0 spiro atoms. The molecule has 1 aromatic carbocycles. The van der Waals surface area contributed by atoms with E-state index in [0.29, 0.717) is 12.2 Å². The molecule has 0 heterocycles. The lowest BCUT2D eigenvalue weighted by atomic mass is 10.2. The molecular weight excluding hydrogens is 156 g/mol. The van der Waals surface area contributed by atoms with Crippen LogP contribution < -0.4 is 0 Å². The molecule has 0 fully saturated rings. The van der Waals surface area contributed by atoms with Crippen LogP contribution in [0.5, 0.6) is 5.75 Å². The Bertz CT molecular complexity index is 264. The smallest absolute Gasteiger partial charge is 0.338 e. The maximum Gasteiger partial charge on any atom is 0.338 e. The first kappa shape index (κ1) is 8.59. The quantitative estimate of drug-likeness (QED) is 0.629. The fraction of sp³-hybridized carbons (Fsp3) is 0.222. The first-order valence-electron chi connectivity index (χ1n) is 3.68. The van der Waals surface area contributed by atoms with E-state index in [1.807, 2.05) is 0 Å². The van der Waals surface area contributed by atoms with Crippen molar-refractivity contribution in [3.8, 4) is 5.75 Å². The van der Waals surface area contributed by atoms with Crippen molar-refractivity contribution in [1.82, 2.24) is 0 Å². The van der Waals surface area contributed by atoms with E-state index in [0.717, 1.165) is 0 Å². The minimum atomic E-state index is -0.391. The Kier molecular flexibility index (Phi) is 2.69. The largest absolute Gasteiger partial charge is 0.462 e. The average Bonchev–Trinajstić information content (AvgIpc) is 2.06. The zero-order chi connectivity index (χ0) is 8.97. The molecule has 0 unspecified atom stereocenters. The van der Waals surface area contributed by atoms with Gasteiger partial charge in [0.15, 0.2) is 5.75 Å². The van der Waals surface area contributed by atoms with Gasteiger partial charge in [-0.3, -0.25) is 5.11 Å². The van der Waals surface area contributed by atoms with Crippen molar-refractivity contribution < 1.29 is 14.6 Å². The highest BCUT2D eigenvalue weighted by atomic mass is 16.5. The summed E-state index contributed by atoms with van der Waals surface area (Å²) in [6, 6.07) is 5.60. The molecule has 0 saturated carbocycles. The van der Waals surface area contributed by atoms with E-state index < -0.39 is 5.97 Å². The van der Waals surface area contributed by atoms with Crippen LogP contribution in [-0.4, -0.2) is 12.6 Å². The van der Waals surface area contributed by atoms with Crippen molar-refractivity contribution in [2.24, 2.45) is 0 Å². The van der Waals surface area contributed by atoms with Crippen molar-refractivity contribution in [3.05, 3.63) is 29.8 Å². The molecule has 1 rings (SSSR count). The summed E-state index contributed by atoms with van der Waals surface area (Å²) in [6.07, 6.45) is 0. The summed E-state index contributed by atoms with van der Waals surface area (Å²) in [5.74, 6) is -0.499. The maximum absolute atomic E-state index is 11.0. The first-order valence-corrected chi connectivity index (χ1v) is 3.68. The molecule has 0 amide bonds. The van der Waals surface area contributed by atoms with E-state index in [2.05, 4.69) is 0 Å². The van der Waals surface area contributed by atoms with E-state index in [1.54, 1.807) is 6.92 Å². The van der Waals surface area contributed by atoms with Gasteiger partial charge < -0.3 is 4.74 Å². The Morgan fingerprint density at radius 1 is 1.33 bits per heavy atom. The standard InChI is InChI=1S/C9H9O3/c1-2-12-9(11)7-3-5-8(10)6-4-7/h3-6H,2H2,1H3. The number of hydrogen-bond donors (Lipinski definition) is 0. The van der Waals surface area contributed by atoms with Crippen molar-refractivity contribution in [3.63, 3.8) is 0 Å². The zero-order valence-corrected chi connectivity index (χ0v) is 6.74. The van der Waals surface area contributed by atoms with Crippen LogP contribution in [0.3, 0.4) is 0 Å². The van der Waals surface area contributed by atoms with Gasteiger partial charge in [0.2, 0.25) is 0 Å². The number of benzene rings is 1. The number of hydrogen-bond acceptors (Lipinski definition) is 2. The number of carbonyl (C=O) groups excluding carboxylic acids is 1. The predicted molar refractivity (Wildman–Crippen MR) is 42.5 cm³/mol. The maximum atomic E-state index is 11.0. The lowest BCUT2D eigenvalue weighted by Gasteiger charge is -1.99. The summed E-state index contributed by atoms with van der Waals surface area (Å²) >= 11 is 0. The number of carbonyl (C=O) groups is 1. The van der Waals surface area contributed by atoms with E-state index in [1.165, 1.54) is 24.3 Å². The first-order chi connectivity index (χ1) is 5.74. The molecule has 3 heteroatoms. The minimum Gasteiger partial charge on any atom is -0.462 e. The van der Waals surface area contributed by atoms with Gasteiger partial charge in [0.05, 0.1) is 12.2 Å². The van der Waals surface area contributed by atoms with Crippen LogP contribution in [-0.2, 0) is 9.84 Å². The zero-order valence-electron chi connectivity index (χ0n) is 6.74. The molecule has 0 aromatic heterocycles. The second-order valence-electron chi connectivity index (χ2n) is 2.24. The lowest BCUT2D eigenvalue weighted by molar-refractivity contribution is 0.0526. The average molecular weight is 165 g/mol. The third kappa shape index (κ3) is 1.99. The predicted octanol–water partition coefficient (Wildman–Crippen LogP) is 2.01. The van der Waals surface area contributed by atoms with Crippen LogP contribution in [0.1, 0.15) is 17.3 Å². The Morgan fingerprint density at radius 2 is 1.92 bits per heavy atom.